The Hall–Kier alpha value is -3.23. The molecule has 0 radical (unpaired) electrons. The first-order valence-electron chi connectivity index (χ1n) is 10.9. The van der Waals surface area contributed by atoms with Gasteiger partial charge in [-0.05, 0) is 54.4 Å². The molecule has 1 aliphatic heterocycles. The van der Waals surface area contributed by atoms with Gasteiger partial charge in [0.2, 0.25) is 10.0 Å². The second-order valence-corrected chi connectivity index (χ2v) is 9.82. The molecule has 1 aliphatic rings. The van der Waals surface area contributed by atoms with Crippen molar-refractivity contribution in [3.8, 4) is 0 Å². The molecule has 0 spiro atoms. The highest BCUT2D eigenvalue weighted by Gasteiger charge is 2.29. The molecule has 3 aromatic rings. The summed E-state index contributed by atoms with van der Waals surface area (Å²) in [6.07, 6.45) is 0.697. The molecule has 0 unspecified atom stereocenters. The predicted molar refractivity (Wildman–Crippen MR) is 126 cm³/mol. The molecule has 1 N–H and O–H groups in total. The van der Waals surface area contributed by atoms with Crippen LogP contribution in [0, 0.1) is 5.82 Å². The van der Waals surface area contributed by atoms with Crippen molar-refractivity contribution in [3.05, 3.63) is 95.8 Å². The second-order valence-electron chi connectivity index (χ2n) is 7.89. The topological polar surface area (TPSA) is 69.7 Å². The fourth-order valence-electron chi connectivity index (χ4n) is 3.85. The molecule has 0 atom stereocenters. The van der Waals surface area contributed by atoms with E-state index in [0.717, 1.165) is 11.3 Å². The van der Waals surface area contributed by atoms with Gasteiger partial charge >= 0.3 is 0 Å². The van der Waals surface area contributed by atoms with Crippen LogP contribution in [-0.2, 0) is 16.4 Å². The van der Waals surface area contributed by atoms with Crippen LogP contribution < -0.4 is 10.2 Å². The van der Waals surface area contributed by atoms with Crippen LogP contribution >= 0.6 is 0 Å². The van der Waals surface area contributed by atoms with E-state index in [4.69, 9.17) is 0 Å². The number of halogens is 1. The van der Waals surface area contributed by atoms with Crippen LogP contribution in [0.5, 0.6) is 0 Å². The Bertz CT molecular complexity index is 1190. The number of sulfonamides is 1. The number of rotatable bonds is 7. The van der Waals surface area contributed by atoms with Gasteiger partial charge in [-0.1, -0.05) is 36.4 Å². The van der Waals surface area contributed by atoms with Crippen LogP contribution in [0.1, 0.15) is 15.9 Å². The minimum absolute atomic E-state index is 0.105. The lowest BCUT2D eigenvalue weighted by molar-refractivity contribution is 0.0954. The fourth-order valence-corrected chi connectivity index (χ4v) is 5.32. The molecule has 1 fully saturated rings. The van der Waals surface area contributed by atoms with E-state index in [2.05, 4.69) is 5.32 Å². The van der Waals surface area contributed by atoms with Crippen molar-refractivity contribution in [1.29, 1.82) is 0 Å². The summed E-state index contributed by atoms with van der Waals surface area (Å²) in [5.41, 5.74) is 2.30. The lowest BCUT2D eigenvalue weighted by Gasteiger charge is -2.35. The number of benzene rings is 3. The van der Waals surface area contributed by atoms with Gasteiger partial charge in [-0.2, -0.15) is 4.31 Å². The van der Waals surface area contributed by atoms with Crippen molar-refractivity contribution in [1.82, 2.24) is 9.62 Å². The minimum atomic E-state index is -3.73. The highest BCUT2D eigenvalue weighted by atomic mass is 32.2. The summed E-state index contributed by atoms with van der Waals surface area (Å²) in [4.78, 5) is 14.7. The van der Waals surface area contributed by atoms with Crippen molar-refractivity contribution in [2.24, 2.45) is 0 Å². The van der Waals surface area contributed by atoms with Gasteiger partial charge in [0, 0.05) is 44.0 Å². The second kappa shape index (κ2) is 10.1. The van der Waals surface area contributed by atoms with Crippen LogP contribution in [0.3, 0.4) is 0 Å². The van der Waals surface area contributed by atoms with Gasteiger partial charge in [0.25, 0.3) is 5.91 Å². The monoisotopic (exact) mass is 467 g/mol. The standard InChI is InChI=1S/C25H26FN3O3S/c26-22-9-11-23(12-10-22)28-15-17-29(18-16-28)33(31,32)24-8-4-7-21(19-24)25(30)27-14-13-20-5-2-1-3-6-20/h1-12,19H,13-18H2,(H,27,30). The van der Waals surface area contributed by atoms with Gasteiger partial charge in [0.1, 0.15) is 5.82 Å². The first kappa shape index (κ1) is 22.9. The molecule has 1 saturated heterocycles. The van der Waals surface area contributed by atoms with E-state index in [1.165, 1.54) is 28.6 Å². The molecule has 0 saturated carbocycles. The van der Waals surface area contributed by atoms with Gasteiger partial charge in [-0.15, -0.1) is 0 Å². The van der Waals surface area contributed by atoms with E-state index in [1.807, 2.05) is 35.2 Å². The van der Waals surface area contributed by atoms with E-state index >= 15 is 0 Å². The summed E-state index contributed by atoms with van der Waals surface area (Å²) in [6, 6.07) is 22.2. The molecular weight excluding hydrogens is 441 g/mol. The SMILES string of the molecule is O=C(NCCc1ccccc1)c1cccc(S(=O)(=O)N2CCN(c3ccc(F)cc3)CC2)c1. The number of nitrogens with one attached hydrogen (secondary N) is 1. The van der Waals surface area contributed by atoms with E-state index < -0.39 is 10.0 Å². The summed E-state index contributed by atoms with van der Waals surface area (Å²) < 4.78 is 40.9. The molecule has 4 rings (SSSR count). The Labute approximate surface area is 193 Å². The van der Waals surface area contributed by atoms with Crippen LogP contribution in [0.25, 0.3) is 0 Å². The molecule has 0 aliphatic carbocycles. The number of piperazine rings is 1. The number of nitrogens with zero attached hydrogens (tertiary/aromatic N) is 2. The molecule has 1 heterocycles. The summed E-state index contributed by atoms with van der Waals surface area (Å²) in [5, 5.41) is 2.85. The van der Waals surface area contributed by atoms with E-state index in [1.54, 1.807) is 24.3 Å². The molecule has 3 aromatic carbocycles. The highest BCUT2D eigenvalue weighted by molar-refractivity contribution is 7.89. The molecular formula is C25H26FN3O3S. The normalized spacial score (nSPS) is 14.8. The molecule has 172 valence electrons. The van der Waals surface area contributed by atoms with Gasteiger partial charge < -0.3 is 10.2 Å². The van der Waals surface area contributed by atoms with Crippen LogP contribution in [-0.4, -0.2) is 51.4 Å². The Morgan fingerprint density at radius 1 is 0.879 bits per heavy atom. The Kier molecular flexibility index (Phi) is 7.05. The highest BCUT2D eigenvalue weighted by Crippen LogP contribution is 2.22. The summed E-state index contributed by atoms with van der Waals surface area (Å²) in [6.45, 7) is 2.10. The van der Waals surface area contributed by atoms with Crippen molar-refractivity contribution in [2.45, 2.75) is 11.3 Å². The van der Waals surface area contributed by atoms with Crippen LogP contribution in [0.15, 0.2) is 83.8 Å². The number of carbonyl (C=O) groups is 1. The van der Waals surface area contributed by atoms with Crippen molar-refractivity contribution < 1.29 is 17.6 Å². The fraction of sp³-hybridized carbons (Fsp3) is 0.240. The van der Waals surface area contributed by atoms with Crippen molar-refractivity contribution in [2.75, 3.05) is 37.6 Å². The number of hydrogen-bond donors (Lipinski definition) is 1. The van der Waals surface area contributed by atoms with E-state index in [0.29, 0.717) is 44.7 Å². The molecule has 0 bridgehead atoms. The third-order valence-electron chi connectivity index (χ3n) is 5.71. The maximum atomic E-state index is 13.2. The number of amides is 1. The predicted octanol–water partition coefficient (Wildman–Crippen LogP) is 3.31. The first-order valence-corrected chi connectivity index (χ1v) is 12.3. The van der Waals surface area contributed by atoms with Crippen LogP contribution in [0.2, 0.25) is 0 Å². The van der Waals surface area contributed by atoms with Gasteiger partial charge in [-0.3, -0.25) is 4.79 Å². The van der Waals surface area contributed by atoms with Crippen LogP contribution in [0.4, 0.5) is 10.1 Å². The third kappa shape index (κ3) is 5.58. The minimum Gasteiger partial charge on any atom is -0.369 e. The Balaban J connectivity index is 1.37. The average molecular weight is 468 g/mol. The largest absolute Gasteiger partial charge is 0.369 e. The molecule has 8 heteroatoms. The quantitative estimate of drug-likeness (QED) is 0.579. The molecule has 6 nitrogen and oxygen atoms in total. The first-order chi connectivity index (χ1) is 15.9. The lowest BCUT2D eigenvalue weighted by atomic mass is 10.1. The maximum Gasteiger partial charge on any atom is 0.251 e. The number of anilines is 1. The van der Waals surface area contributed by atoms with Crippen molar-refractivity contribution >= 4 is 21.6 Å². The summed E-state index contributed by atoms with van der Waals surface area (Å²) >= 11 is 0. The van der Waals surface area contributed by atoms with Gasteiger partial charge in [-0.25, -0.2) is 12.8 Å². The maximum absolute atomic E-state index is 13.2. The summed E-state index contributed by atoms with van der Waals surface area (Å²) in [5.74, 6) is -0.604. The van der Waals surface area contributed by atoms with Gasteiger partial charge in [0.05, 0.1) is 4.90 Å². The van der Waals surface area contributed by atoms with Crippen molar-refractivity contribution in [3.63, 3.8) is 0 Å². The number of hydrogen-bond acceptors (Lipinski definition) is 4. The van der Waals surface area contributed by atoms with E-state index in [9.17, 15) is 17.6 Å². The Morgan fingerprint density at radius 2 is 1.58 bits per heavy atom. The third-order valence-corrected chi connectivity index (χ3v) is 7.60. The van der Waals surface area contributed by atoms with E-state index in [-0.39, 0.29) is 16.6 Å². The molecule has 0 aromatic heterocycles. The number of carbonyl (C=O) groups excluding carboxylic acids is 1. The Morgan fingerprint density at radius 3 is 2.27 bits per heavy atom. The zero-order valence-corrected chi connectivity index (χ0v) is 19.0. The molecule has 1 amide bonds. The van der Waals surface area contributed by atoms with Gasteiger partial charge in [0.15, 0.2) is 0 Å². The summed E-state index contributed by atoms with van der Waals surface area (Å²) in [7, 11) is -3.73. The average Bonchev–Trinajstić information content (AvgIpc) is 2.85. The zero-order valence-electron chi connectivity index (χ0n) is 18.2. The lowest BCUT2D eigenvalue weighted by Crippen LogP contribution is -2.48. The smallest absolute Gasteiger partial charge is 0.251 e. The zero-order chi connectivity index (χ0) is 23.3. The molecule has 33 heavy (non-hydrogen) atoms.